The maximum absolute atomic E-state index is 12.0. The molecule has 19 heavy (non-hydrogen) atoms. The topological polar surface area (TPSA) is 40.5 Å². The molecule has 0 bridgehead atoms. The maximum atomic E-state index is 12.0. The van der Waals surface area contributed by atoms with Crippen molar-refractivity contribution in [2.24, 2.45) is 11.8 Å². The van der Waals surface area contributed by atoms with Gasteiger partial charge >= 0.3 is 5.97 Å². The van der Waals surface area contributed by atoms with Gasteiger partial charge in [-0.3, -0.25) is 9.69 Å². The van der Waals surface area contributed by atoms with E-state index >= 15 is 0 Å². The van der Waals surface area contributed by atoms with E-state index in [-0.39, 0.29) is 0 Å². The van der Waals surface area contributed by atoms with E-state index in [2.05, 4.69) is 18.7 Å². The number of nitrogens with zero attached hydrogens (tertiary/aromatic N) is 1. The molecule has 0 spiro atoms. The normalized spacial score (nSPS) is 34.2. The van der Waals surface area contributed by atoms with Crippen LogP contribution in [0.1, 0.15) is 65.2 Å². The first kappa shape index (κ1) is 14.8. The van der Waals surface area contributed by atoms with Crippen LogP contribution in [0.5, 0.6) is 0 Å². The van der Waals surface area contributed by atoms with Gasteiger partial charge in [0.2, 0.25) is 0 Å². The molecular weight excluding hydrogens is 238 g/mol. The lowest BCUT2D eigenvalue weighted by atomic mass is 9.70. The van der Waals surface area contributed by atoms with E-state index < -0.39 is 11.5 Å². The third kappa shape index (κ3) is 3.13. The molecule has 2 fully saturated rings. The van der Waals surface area contributed by atoms with Gasteiger partial charge in [-0.1, -0.05) is 39.5 Å². The second kappa shape index (κ2) is 6.25. The zero-order valence-electron chi connectivity index (χ0n) is 12.5. The molecule has 0 aromatic carbocycles. The second-order valence-corrected chi connectivity index (χ2v) is 6.84. The summed E-state index contributed by atoms with van der Waals surface area (Å²) in [6.07, 6.45) is 8.86. The third-order valence-electron chi connectivity index (χ3n) is 5.32. The molecule has 1 N–H and O–H groups in total. The summed E-state index contributed by atoms with van der Waals surface area (Å²) in [5, 5.41) is 9.89. The lowest BCUT2D eigenvalue weighted by Gasteiger charge is -2.46. The first-order valence-electron chi connectivity index (χ1n) is 8.05. The van der Waals surface area contributed by atoms with Gasteiger partial charge in [0.15, 0.2) is 0 Å². The third-order valence-corrected chi connectivity index (χ3v) is 5.32. The summed E-state index contributed by atoms with van der Waals surface area (Å²) < 4.78 is 0. The van der Waals surface area contributed by atoms with Gasteiger partial charge in [0.1, 0.15) is 5.54 Å². The maximum Gasteiger partial charge on any atom is 0.324 e. The Balaban J connectivity index is 2.18. The van der Waals surface area contributed by atoms with Crippen LogP contribution in [0.15, 0.2) is 0 Å². The molecular formula is C16H29NO2. The van der Waals surface area contributed by atoms with Crippen molar-refractivity contribution in [1.82, 2.24) is 4.90 Å². The molecule has 1 aliphatic heterocycles. The zero-order valence-corrected chi connectivity index (χ0v) is 12.5. The van der Waals surface area contributed by atoms with Crippen molar-refractivity contribution in [3.8, 4) is 0 Å². The van der Waals surface area contributed by atoms with Crippen molar-refractivity contribution in [2.75, 3.05) is 13.1 Å². The smallest absolute Gasteiger partial charge is 0.324 e. The highest BCUT2D eigenvalue weighted by Crippen LogP contribution is 2.41. The number of carboxylic acid groups (broad SMARTS) is 1. The Morgan fingerprint density at radius 2 is 1.79 bits per heavy atom. The van der Waals surface area contributed by atoms with Crippen LogP contribution in [-0.4, -0.2) is 34.6 Å². The molecule has 2 rings (SSSR count). The number of carboxylic acids is 1. The second-order valence-electron chi connectivity index (χ2n) is 6.84. The Labute approximate surface area is 117 Å². The van der Waals surface area contributed by atoms with Gasteiger partial charge < -0.3 is 5.11 Å². The summed E-state index contributed by atoms with van der Waals surface area (Å²) in [5.41, 5.74) is -0.558. The molecule has 2 atom stereocenters. The highest BCUT2D eigenvalue weighted by molar-refractivity contribution is 5.79. The average Bonchev–Trinajstić information content (AvgIpc) is 2.67. The summed E-state index contributed by atoms with van der Waals surface area (Å²) in [7, 11) is 0. The average molecular weight is 267 g/mol. The molecule has 1 saturated carbocycles. The quantitative estimate of drug-likeness (QED) is 0.850. The summed E-state index contributed by atoms with van der Waals surface area (Å²) in [6.45, 7) is 6.45. The van der Waals surface area contributed by atoms with Gasteiger partial charge in [-0.25, -0.2) is 0 Å². The summed E-state index contributed by atoms with van der Waals surface area (Å²) in [6, 6.07) is 0. The summed E-state index contributed by atoms with van der Waals surface area (Å²) in [4.78, 5) is 14.3. The number of carbonyl (C=O) groups is 1. The molecule has 2 aliphatic rings. The number of rotatable bonds is 3. The minimum absolute atomic E-state index is 0.558. The minimum Gasteiger partial charge on any atom is -0.480 e. The van der Waals surface area contributed by atoms with Crippen LogP contribution >= 0.6 is 0 Å². The van der Waals surface area contributed by atoms with Gasteiger partial charge in [0.05, 0.1) is 0 Å². The number of hydrogen-bond acceptors (Lipinski definition) is 2. The van der Waals surface area contributed by atoms with Crippen molar-refractivity contribution in [3.63, 3.8) is 0 Å². The van der Waals surface area contributed by atoms with Crippen molar-refractivity contribution < 1.29 is 9.90 Å². The molecule has 1 aliphatic carbocycles. The fourth-order valence-corrected chi connectivity index (χ4v) is 3.98. The van der Waals surface area contributed by atoms with Gasteiger partial charge in [0, 0.05) is 0 Å². The van der Waals surface area contributed by atoms with Crippen molar-refractivity contribution in [3.05, 3.63) is 0 Å². The Bertz CT molecular complexity index is 308. The fourth-order valence-electron chi connectivity index (χ4n) is 3.98. The van der Waals surface area contributed by atoms with Crippen LogP contribution in [0, 0.1) is 11.8 Å². The molecule has 1 heterocycles. The largest absolute Gasteiger partial charge is 0.480 e. The fraction of sp³-hybridized carbons (Fsp3) is 0.938. The lowest BCUT2D eigenvalue weighted by molar-refractivity contribution is -0.156. The van der Waals surface area contributed by atoms with Crippen LogP contribution < -0.4 is 0 Å². The molecule has 3 heteroatoms. The van der Waals surface area contributed by atoms with Crippen LogP contribution in [0.4, 0.5) is 0 Å². The first-order valence-corrected chi connectivity index (χ1v) is 8.05. The van der Waals surface area contributed by atoms with E-state index in [4.69, 9.17) is 0 Å². The van der Waals surface area contributed by atoms with Gasteiger partial charge in [-0.2, -0.15) is 0 Å². The number of likely N-dealkylation sites (tertiary alicyclic amines) is 1. The zero-order chi connectivity index (χ0) is 13.9. The Hall–Kier alpha value is -0.570. The Kier molecular flexibility index (Phi) is 4.88. The number of hydrogen-bond donors (Lipinski definition) is 1. The molecule has 1 saturated heterocycles. The lowest BCUT2D eigenvalue weighted by Crippen LogP contribution is -2.57. The minimum atomic E-state index is -0.570. The molecule has 0 aromatic rings. The standard InChI is InChI=1S/C16H29NO2/c1-13(2)14-8-7-9-16(12-14,15(18)19)17-10-5-3-4-6-11-17/h13-14H,3-12H2,1-2H3,(H,18,19). The van der Waals surface area contributed by atoms with E-state index in [1.165, 1.54) is 32.1 Å². The molecule has 110 valence electrons. The molecule has 0 radical (unpaired) electrons. The Morgan fingerprint density at radius 3 is 2.32 bits per heavy atom. The Morgan fingerprint density at radius 1 is 1.16 bits per heavy atom. The highest BCUT2D eigenvalue weighted by atomic mass is 16.4. The molecule has 3 nitrogen and oxygen atoms in total. The van der Waals surface area contributed by atoms with Crippen LogP contribution in [0.2, 0.25) is 0 Å². The van der Waals surface area contributed by atoms with Gasteiger partial charge in [-0.05, 0) is 50.6 Å². The molecule has 0 amide bonds. The highest BCUT2D eigenvalue weighted by Gasteiger charge is 2.47. The predicted molar refractivity (Wildman–Crippen MR) is 77.2 cm³/mol. The van der Waals surface area contributed by atoms with E-state index in [1.54, 1.807) is 0 Å². The van der Waals surface area contributed by atoms with Crippen LogP contribution in [0.3, 0.4) is 0 Å². The predicted octanol–water partition coefficient (Wildman–Crippen LogP) is 3.53. The van der Waals surface area contributed by atoms with Gasteiger partial charge in [0.25, 0.3) is 0 Å². The van der Waals surface area contributed by atoms with Crippen LogP contribution in [-0.2, 0) is 4.79 Å². The van der Waals surface area contributed by atoms with E-state index in [1.807, 2.05) is 0 Å². The molecule has 2 unspecified atom stereocenters. The number of aliphatic carboxylic acids is 1. The van der Waals surface area contributed by atoms with Crippen molar-refractivity contribution in [1.29, 1.82) is 0 Å². The van der Waals surface area contributed by atoms with Gasteiger partial charge in [-0.15, -0.1) is 0 Å². The van der Waals surface area contributed by atoms with Crippen molar-refractivity contribution in [2.45, 2.75) is 70.8 Å². The first-order chi connectivity index (χ1) is 9.06. The van der Waals surface area contributed by atoms with Crippen LogP contribution in [0.25, 0.3) is 0 Å². The van der Waals surface area contributed by atoms with E-state index in [9.17, 15) is 9.90 Å². The van der Waals surface area contributed by atoms with Crippen molar-refractivity contribution >= 4 is 5.97 Å². The monoisotopic (exact) mass is 267 g/mol. The van der Waals surface area contributed by atoms with E-state index in [0.717, 1.165) is 32.4 Å². The summed E-state index contributed by atoms with van der Waals surface area (Å²) >= 11 is 0. The SMILES string of the molecule is CC(C)C1CCCC(C(=O)O)(N2CCCCCC2)C1. The van der Waals surface area contributed by atoms with E-state index in [0.29, 0.717) is 11.8 Å². The molecule has 0 aromatic heterocycles. The summed E-state index contributed by atoms with van der Waals surface area (Å²) in [5.74, 6) is 0.610.